The summed E-state index contributed by atoms with van der Waals surface area (Å²) in [4.78, 5) is 25.3. The number of halogens is 1. The molecule has 0 aliphatic rings. The van der Waals surface area contributed by atoms with Crippen LogP contribution >= 0.6 is 0 Å². The molecule has 7 heteroatoms. The number of carbonyl (C=O) groups excluding carboxylic acids is 2. The maximum atomic E-state index is 12.9. The molecule has 2 amide bonds. The van der Waals surface area contributed by atoms with E-state index in [9.17, 15) is 14.0 Å². The van der Waals surface area contributed by atoms with E-state index >= 15 is 0 Å². The van der Waals surface area contributed by atoms with E-state index < -0.39 is 0 Å². The highest BCUT2D eigenvalue weighted by atomic mass is 19.1. The Bertz CT molecular complexity index is 763. The van der Waals surface area contributed by atoms with Crippen LogP contribution in [-0.2, 0) is 16.0 Å². The highest BCUT2D eigenvalue weighted by molar-refractivity contribution is 5.78. The van der Waals surface area contributed by atoms with E-state index in [-0.39, 0.29) is 24.1 Å². The van der Waals surface area contributed by atoms with E-state index in [0.717, 1.165) is 11.3 Å². The second-order valence-corrected chi connectivity index (χ2v) is 6.18. The first-order valence-corrected chi connectivity index (χ1v) is 9.01. The number of hydrogen-bond acceptors (Lipinski definition) is 4. The van der Waals surface area contributed by atoms with Crippen LogP contribution in [0, 0.1) is 5.82 Å². The number of rotatable bonds is 10. The third-order valence-electron chi connectivity index (χ3n) is 4.12. The summed E-state index contributed by atoms with van der Waals surface area (Å²) in [5, 5.41) is 2.77. The van der Waals surface area contributed by atoms with Crippen molar-refractivity contribution in [1.82, 2.24) is 10.2 Å². The Kier molecular flexibility index (Phi) is 8.27. The van der Waals surface area contributed by atoms with Gasteiger partial charge in [-0.1, -0.05) is 12.1 Å². The van der Waals surface area contributed by atoms with Gasteiger partial charge < -0.3 is 19.7 Å². The average molecular weight is 388 g/mol. The van der Waals surface area contributed by atoms with Gasteiger partial charge in [0.05, 0.1) is 20.1 Å². The molecular weight excluding hydrogens is 363 g/mol. The van der Waals surface area contributed by atoms with Crippen molar-refractivity contribution in [3.8, 4) is 11.5 Å². The van der Waals surface area contributed by atoms with Gasteiger partial charge in [-0.25, -0.2) is 4.39 Å². The Balaban J connectivity index is 1.70. The van der Waals surface area contributed by atoms with E-state index in [0.29, 0.717) is 32.0 Å². The second-order valence-electron chi connectivity index (χ2n) is 6.18. The maximum Gasteiger partial charge on any atom is 0.224 e. The van der Waals surface area contributed by atoms with Crippen molar-refractivity contribution in [2.45, 2.75) is 13.3 Å². The van der Waals surface area contributed by atoms with Crippen LogP contribution in [0.5, 0.6) is 11.5 Å². The maximum absolute atomic E-state index is 12.9. The van der Waals surface area contributed by atoms with Crippen molar-refractivity contribution in [2.24, 2.45) is 0 Å². The fourth-order valence-corrected chi connectivity index (χ4v) is 2.55. The van der Waals surface area contributed by atoms with Crippen molar-refractivity contribution in [3.05, 3.63) is 59.9 Å². The number of hydrogen-bond donors (Lipinski definition) is 1. The number of methoxy groups -OCH3 is 1. The van der Waals surface area contributed by atoms with E-state index in [2.05, 4.69) is 5.32 Å². The number of nitrogens with one attached hydrogen (secondary N) is 1. The zero-order valence-corrected chi connectivity index (χ0v) is 16.1. The van der Waals surface area contributed by atoms with Gasteiger partial charge in [-0.15, -0.1) is 0 Å². The first-order chi connectivity index (χ1) is 13.5. The number of amides is 2. The molecule has 0 atom stereocenters. The van der Waals surface area contributed by atoms with Crippen molar-refractivity contribution >= 4 is 11.8 Å². The minimum Gasteiger partial charge on any atom is -0.497 e. The van der Waals surface area contributed by atoms with Crippen LogP contribution in [0.15, 0.2) is 48.5 Å². The lowest BCUT2D eigenvalue weighted by atomic mass is 10.1. The van der Waals surface area contributed by atoms with Gasteiger partial charge in [0.2, 0.25) is 11.8 Å². The van der Waals surface area contributed by atoms with Crippen molar-refractivity contribution in [3.63, 3.8) is 0 Å². The Morgan fingerprint density at radius 2 is 1.64 bits per heavy atom. The highest BCUT2D eigenvalue weighted by Crippen LogP contribution is 2.16. The van der Waals surface area contributed by atoms with Crippen molar-refractivity contribution < 1.29 is 23.5 Å². The molecule has 2 rings (SSSR count). The minimum absolute atomic E-state index is 0.0916. The lowest BCUT2D eigenvalue weighted by molar-refractivity contribution is -0.129. The molecule has 6 nitrogen and oxygen atoms in total. The van der Waals surface area contributed by atoms with Gasteiger partial charge in [-0.05, 0) is 42.0 Å². The predicted octanol–water partition coefficient (Wildman–Crippen LogP) is 2.42. The molecule has 0 aliphatic carbocycles. The number of benzene rings is 2. The SMILES string of the molecule is COc1ccc(OCCN(CCNC(=O)Cc2ccc(F)cc2)C(C)=O)cc1. The molecule has 0 spiro atoms. The van der Waals surface area contributed by atoms with Gasteiger partial charge in [0.25, 0.3) is 0 Å². The summed E-state index contributed by atoms with van der Waals surface area (Å²) in [5.74, 6) is 0.833. The Labute approximate surface area is 164 Å². The van der Waals surface area contributed by atoms with Gasteiger partial charge in [0, 0.05) is 20.0 Å². The third-order valence-corrected chi connectivity index (χ3v) is 4.12. The van der Waals surface area contributed by atoms with E-state index in [1.54, 1.807) is 48.4 Å². The molecule has 0 fully saturated rings. The number of nitrogens with zero attached hydrogens (tertiary/aromatic N) is 1. The van der Waals surface area contributed by atoms with Crippen molar-refractivity contribution in [1.29, 1.82) is 0 Å². The molecular formula is C21H25FN2O4. The Hall–Kier alpha value is -3.09. The van der Waals surface area contributed by atoms with Crippen LogP contribution in [0.4, 0.5) is 4.39 Å². The molecule has 0 unspecified atom stereocenters. The zero-order valence-electron chi connectivity index (χ0n) is 16.1. The van der Waals surface area contributed by atoms with Gasteiger partial charge in [-0.2, -0.15) is 0 Å². The molecule has 0 saturated carbocycles. The van der Waals surface area contributed by atoms with Crippen molar-refractivity contribution in [2.75, 3.05) is 33.4 Å². The molecule has 0 radical (unpaired) electrons. The topological polar surface area (TPSA) is 67.9 Å². The smallest absolute Gasteiger partial charge is 0.224 e. The van der Waals surface area contributed by atoms with Gasteiger partial charge in [0.15, 0.2) is 0 Å². The third kappa shape index (κ3) is 7.26. The molecule has 28 heavy (non-hydrogen) atoms. The summed E-state index contributed by atoms with van der Waals surface area (Å²) in [5.41, 5.74) is 0.732. The number of carbonyl (C=O) groups is 2. The van der Waals surface area contributed by atoms with Gasteiger partial charge in [0.1, 0.15) is 23.9 Å². The summed E-state index contributed by atoms with van der Waals surface area (Å²) in [7, 11) is 1.60. The summed E-state index contributed by atoms with van der Waals surface area (Å²) >= 11 is 0. The van der Waals surface area contributed by atoms with Gasteiger partial charge >= 0.3 is 0 Å². The van der Waals surface area contributed by atoms with Crippen LogP contribution in [0.1, 0.15) is 12.5 Å². The predicted molar refractivity (Wildman–Crippen MR) is 104 cm³/mol. The first kappa shape index (κ1) is 21.2. The van der Waals surface area contributed by atoms with E-state index in [1.807, 2.05) is 0 Å². The van der Waals surface area contributed by atoms with E-state index in [4.69, 9.17) is 9.47 Å². The molecule has 0 saturated heterocycles. The Morgan fingerprint density at radius 3 is 2.25 bits per heavy atom. The minimum atomic E-state index is -0.335. The average Bonchev–Trinajstić information content (AvgIpc) is 2.69. The summed E-state index contributed by atoms with van der Waals surface area (Å²) in [6.07, 6.45) is 0.168. The Morgan fingerprint density at radius 1 is 1.00 bits per heavy atom. The zero-order chi connectivity index (χ0) is 20.4. The van der Waals surface area contributed by atoms with Crippen LogP contribution in [0.25, 0.3) is 0 Å². The summed E-state index contributed by atoms with van der Waals surface area (Å²) in [6.45, 7) is 2.96. The molecule has 2 aromatic carbocycles. The molecule has 0 aromatic heterocycles. The quantitative estimate of drug-likeness (QED) is 0.679. The van der Waals surface area contributed by atoms with Gasteiger partial charge in [-0.3, -0.25) is 9.59 Å². The van der Waals surface area contributed by atoms with Crippen LogP contribution < -0.4 is 14.8 Å². The van der Waals surface area contributed by atoms with Crippen LogP contribution in [-0.4, -0.2) is 50.1 Å². The molecule has 0 aliphatic heterocycles. The lowest BCUT2D eigenvalue weighted by Gasteiger charge is -2.21. The largest absolute Gasteiger partial charge is 0.497 e. The fraction of sp³-hybridized carbons (Fsp3) is 0.333. The van der Waals surface area contributed by atoms with Crippen LogP contribution in [0.3, 0.4) is 0 Å². The summed E-state index contributed by atoms with van der Waals surface area (Å²) < 4.78 is 23.6. The first-order valence-electron chi connectivity index (χ1n) is 9.01. The molecule has 2 aromatic rings. The molecule has 0 heterocycles. The standard InChI is InChI=1S/C21H25FN2O4/c1-16(25)24(13-14-28-20-9-7-19(27-2)8-10-20)12-11-23-21(26)15-17-3-5-18(22)6-4-17/h3-10H,11-15H2,1-2H3,(H,23,26). The molecule has 1 N–H and O–H groups in total. The van der Waals surface area contributed by atoms with Crippen LogP contribution in [0.2, 0.25) is 0 Å². The monoisotopic (exact) mass is 388 g/mol. The number of ether oxygens (including phenoxy) is 2. The molecule has 150 valence electrons. The normalized spacial score (nSPS) is 10.2. The molecule has 0 bridgehead atoms. The summed E-state index contributed by atoms with van der Waals surface area (Å²) in [6, 6.07) is 13.0. The highest BCUT2D eigenvalue weighted by Gasteiger charge is 2.10. The second kappa shape index (κ2) is 10.9. The lowest BCUT2D eigenvalue weighted by Crippen LogP contribution is -2.39. The van der Waals surface area contributed by atoms with E-state index in [1.165, 1.54) is 19.1 Å². The fourth-order valence-electron chi connectivity index (χ4n) is 2.55.